The van der Waals surface area contributed by atoms with Crippen LogP contribution < -0.4 is 5.32 Å². The zero-order chi connectivity index (χ0) is 14.6. The third-order valence-corrected chi connectivity index (χ3v) is 4.28. The second-order valence-corrected chi connectivity index (χ2v) is 6.76. The summed E-state index contributed by atoms with van der Waals surface area (Å²) in [6.07, 6.45) is 3.93. The third-order valence-electron chi connectivity index (χ3n) is 4.28. The Balaban J connectivity index is 1.85. The molecule has 0 saturated heterocycles. The maximum atomic E-state index is 4.60. The molecule has 0 bridgehead atoms. The summed E-state index contributed by atoms with van der Waals surface area (Å²) < 4.78 is 0. The van der Waals surface area contributed by atoms with Crippen LogP contribution in [0.5, 0.6) is 0 Å². The second kappa shape index (κ2) is 6.68. The number of aromatic nitrogens is 1. The predicted octanol–water partition coefficient (Wildman–Crippen LogP) is 2.99. The lowest BCUT2D eigenvalue weighted by Crippen LogP contribution is -2.41. The maximum Gasteiger partial charge on any atom is 0.0547 e. The molecular formula is C17H29N3. The minimum atomic E-state index is 0.348. The molecule has 1 unspecified atom stereocenters. The van der Waals surface area contributed by atoms with E-state index in [0.29, 0.717) is 5.41 Å². The van der Waals surface area contributed by atoms with Gasteiger partial charge >= 0.3 is 0 Å². The van der Waals surface area contributed by atoms with Gasteiger partial charge in [-0.3, -0.25) is 9.88 Å². The van der Waals surface area contributed by atoms with Crippen LogP contribution in [0.15, 0.2) is 18.2 Å². The molecule has 1 atom stereocenters. The standard InChI is InChI=1S/C17H29N3/c1-5-17(3,12-18-15-9-10-15)13-20(4)11-16-8-6-7-14(2)19-16/h6-8,15,18H,5,9-13H2,1-4H3. The molecule has 1 N–H and O–H groups in total. The van der Waals surface area contributed by atoms with E-state index in [-0.39, 0.29) is 0 Å². The van der Waals surface area contributed by atoms with Crippen molar-refractivity contribution in [3.8, 4) is 0 Å². The highest BCUT2D eigenvalue weighted by molar-refractivity contribution is 5.09. The zero-order valence-electron chi connectivity index (χ0n) is 13.4. The summed E-state index contributed by atoms with van der Waals surface area (Å²) in [5.41, 5.74) is 2.62. The largest absolute Gasteiger partial charge is 0.313 e. The topological polar surface area (TPSA) is 28.2 Å². The molecule has 0 spiro atoms. The predicted molar refractivity (Wildman–Crippen MR) is 84.7 cm³/mol. The molecule has 3 heteroatoms. The summed E-state index contributed by atoms with van der Waals surface area (Å²) in [5, 5.41) is 3.68. The highest BCUT2D eigenvalue weighted by Crippen LogP contribution is 2.25. The van der Waals surface area contributed by atoms with Crippen molar-refractivity contribution in [3.63, 3.8) is 0 Å². The number of nitrogens with zero attached hydrogens (tertiary/aromatic N) is 2. The number of rotatable bonds is 8. The normalized spacial score (nSPS) is 18.2. The lowest BCUT2D eigenvalue weighted by molar-refractivity contribution is 0.173. The van der Waals surface area contributed by atoms with Crippen LogP contribution in [0.3, 0.4) is 0 Å². The van der Waals surface area contributed by atoms with Crippen LogP contribution in [0.4, 0.5) is 0 Å². The van der Waals surface area contributed by atoms with Crippen LogP contribution in [0, 0.1) is 12.3 Å². The minimum absolute atomic E-state index is 0.348. The van der Waals surface area contributed by atoms with Gasteiger partial charge < -0.3 is 5.32 Å². The first-order chi connectivity index (χ1) is 9.50. The first-order valence-electron chi connectivity index (χ1n) is 7.85. The first kappa shape index (κ1) is 15.5. The summed E-state index contributed by atoms with van der Waals surface area (Å²) in [6, 6.07) is 7.07. The van der Waals surface area contributed by atoms with Crippen molar-refractivity contribution in [1.82, 2.24) is 15.2 Å². The lowest BCUT2D eigenvalue weighted by Gasteiger charge is -2.33. The van der Waals surface area contributed by atoms with E-state index in [1.54, 1.807) is 0 Å². The van der Waals surface area contributed by atoms with Crippen molar-refractivity contribution >= 4 is 0 Å². The van der Waals surface area contributed by atoms with Crippen molar-refractivity contribution in [3.05, 3.63) is 29.6 Å². The fourth-order valence-corrected chi connectivity index (χ4v) is 2.64. The van der Waals surface area contributed by atoms with E-state index in [9.17, 15) is 0 Å². The average Bonchev–Trinajstić information content (AvgIpc) is 3.20. The van der Waals surface area contributed by atoms with Crippen LogP contribution >= 0.6 is 0 Å². The molecule has 0 aromatic carbocycles. The monoisotopic (exact) mass is 275 g/mol. The molecule has 1 heterocycles. The SMILES string of the molecule is CCC(C)(CNC1CC1)CN(C)Cc1cccc(C)n1. The van der Waals surface area contributed by atoms with Crippen molar-refractivity contribution in [2.45, 2.75) is 52.6 Å². The fraction of sp³-hybridized carbons (Fsp3) is 0.706. The van der Waals surface area contributed by atoms with E-state index in [1.165, 1.54) is 25.0 Å². The van der Waals surface area contributed by atoms with Gasteiger partial charge in [-0.15, -0.1) is 0 Å². The van der Waals surface area contributed by atoms with E-state index < -0.39 is 0 Å². The molecule has 0 radical (unpaired) electrons. The molecule has 1 saturated carbocycles. The van der Waals surface area contributed by atoms with Gasteiger partial charge in [0.2, 0.25) is 0 Å². The molecule has 1 fully saturated rings. The van der Waals surface area contributed by atoms with Gasteiger partial charge in [0.25, 0.3) is 0 Å². The maximum absolute atomic E-state index is 4.60. The number of hydrogen-bond donors (Lipinski definition) is 1. The van der Waals surface area contributed by atoms with E-state index in [2.05, 4.69) is 61.2 Å². The number of nitrogens with one attached hydrogen (secondary N) is 1. The lowest BCUT2D eigenvalue weighted by atomic mass is 9.86. The minimum Gasteiger partial charge on any atom is -0.313 e. The van der Waals surface area contributed by atoms with Crippen molar-refractivity contribution in [2.75, 3.05) is 20.1 Å². The second-order valence-electron chi connectivity index (χ2n) is 6.76. The Morgan fingerprint density at radius 2 is 2.15 bits per heavy atom. The van der Waals surface area contributed by atoms with Gasteiger partial charge in [-0.2, -0.15) is 0 Å². The van der Waals surface area contributed by atoms with Crippen LogP contribution in [-0.4, -0.2) is 36.1 Å². The Bertz CT molecular complexity index is 428. The average molecular weight is 275 g/mol. The summed E-state index contributed by atoms with van der Waals surface area (Å²) in [5.74, 6) is 0. The molecule has 2 rings (SSSR count). The number of hydrogen-bond acceptors (Lipinski definition) is 3. The highest BCUT2D eigenvalue weighted by atomic mass is 15.1. The summed E-state index contributed by atoms with van der Waals surface area (Å²) in [4.78, 5) is 7.00. The van der Waals surface area contributed by atoms with E-state index >= 15 is 0 Å². The Morgan fingerprint density at radius 1 is 1.40 bits per heavy atom. The molecule has 0 amide bonds. The smallest absolute Gasteiger partial charge is 0.0547 e. The van der Waals surface area contributed by atoms with Crippen LogP contribution in [0.2, 0.25) is 0 Å². The van der Waals surface area contributed by atoms with Crippen molar-refractivity contribution < 1.29 is 0 Å². The van der Waals surface area contributed by atoms with Crippen molar-refractivity contribution in [2.24, 2.45) is 5.41 Å². The Morgan fingerprint density at radius 3 is 2.75 bits per heavy atom. The van der Waals surface area contributed by atoms with Crippen LogP contribution in [0.1, 0.15) is 44.5 Å². The molecular weight excluding hydrogens is 246 g/mol. The summed E-state index contributed by atoms with van der Waals surface area (Å²) in [6.45, 7) is 9.91. The summed E-state index contributed by atoms with van der Waals surface area (Å²) in [7, 11) is 2.20. The fourth-order valence-electron chi connectivity index (χ4n) is 2.64. The van der Waals surface area contributed by atoms with Crippen LogP contribution in [0.25, 0.3) is 0 Å². The molecule has 1 aliphatic carbocycles. The first-order valence-corrected chi connectivity index (χ1v) is 7.85. The Labute approximate surface area is 123 Å². The van der Waals surface area contributed by atoms with Crippen molar-refractivity contribution in [1.29, 1.82) is 0 Å². The molecule has 3 nitrogen and oxygen atoms in total. The molecule has 112 valence electrons. The van der Waals surface area contributed by atoms with Gasteiger partial charge in [0.15, 0.2) is 0 Å². The number of pyridine rings is 1. The van der Waals surface area contributed by atoms with Gasteiger partial charge in [-0.05, 0) is 50.8 Å². The zero-order valence-corrected chi connectivity index (χ0v) is 13.4. The van der Waals surface area contributed by atoms with Gasteiger partial charge in [0.05, 0.1) is 5.69 Å². The van der Waals surface area contributed by atoms with E-state index in [1.807, 2.05) is 0 Å². The Hall–Kier alpha value is -0.930. The third kappa shape index (κ3) is 4.88. The molecule has 1 aromatic heterocycles. The molecule has 20 heavy (non-hydrogen) atoms. The number of aryl methyl sites for hydroxylation is 1. The molecule has 1 aliphatic rings. The molecule has 0 aliphatic heterocycles. The summed E-state index contributed by atoms with van der Waals surface area (Å²) >= 11 is 0. The van der Waals surface area contributed by atoms with E-state index in [4.69, 9.17) is 0 Å². The van der Waals surface area contributed by atoms with Gasteiger partial charge in [-0.1, -0.05) is 19.9 Å². The highest BCUT2D eigenvalue weighted by Gasteiger charge is 2.28. The van der Waals surface area contributed by atoms with Gasteiger partial charge in [0.1, 0.15) is 0 Å². The van der Waals surface area contributed by atoms with Gasteiger partial charge in [-0.25, -0.2) is 0 Å². The van der Waals surface area contributed by atoms with E-state index in [0.717, 1.165) is 31.4 Å². The quantitative estimate of drug-likeness (QED) is 0.790. The Kier molecular flexibility index (Phi) is 5.17. The van der Waals surface area contributed by atoms with Crippen LogP contribution in [-0.2, 0) is 6.54 Å². The van der Waals surface area contributed by atoms with Gasteiger partial charge in [0, 0.05) is 31.4 Å². The molecule has 1 aromatic rings.